The minimum absolute atomic E-state index is 0.239. The minimum Gasteiger partial charge on any atom is -0.494 e. The van der Waals surface area contributed by atoms with Crippen LogP contribution in [0.1, 0.15) is 24.5 Å². The summed E-state index contributed by atoms with van der Waals surface area (Å²) in [5, 5.41) is 0. The molecule has 0 spiro atoms. The van der Waals surface area contributed by atoms with E-state index in [0.717, 1.165) is 23.3 Å². The van der Waals surface area contributed by atoms with Gasteiger partial charge in [-0.1, -0.05) is 49.4 Å². The van der Waals surface area contributed by atoms with E-state index in [4.69, 9.17) is 4.74 Å². The van der Waals surface area contributed by atoms with Gasteiger partial charge in [-0.15, -0.1) is 11.8 Å². The molecule has 0 bridgehead atoms. The third kappa shape index (κ3) is 3.83. The van der Waals surface area contributed by atoms with E-state index in [-0.39, 0.29) is 11.8 Å². The third-order valence-corrected chi connectivity index (χ3v) is 5.23. The molecule has 0 N–H and O–H groups in total. The van der Waals surface area contributed by atoms with Gasteiger partial charge in [-0.3, -0.25) is 14.5 Å². The van der Waals surface area contributed by atoms with Crippen molar-refractivity contribution >= 4 is 29.1 Å². The second kappa shape index (κ2) is 8.23. The summed E-state index contributed by atoms with van der Waals surface area (Å²) in [6.07, 6.45) is 0.935. The summed E-state index contributed by atoms with van der Waals surface area (Å²) in [5.41, 5.74) is 2.33. The minimum atomic E-state index is -0.257. The largest absolute Gasteiger partial charge is 0.494 e. The van der Waals surface area contributed by atoms with Crippen molar-refractivity contribution in [3.63, 3.8) is 0 Å². The first-order valence-corrected chi connectivity index (χ1v) is 9.57. The molecule has 2 amide bonds. The summed E-state index contributed by atoms with van der Waals surface area (Å²) in [7, 11) is 1.53. The van der Waals surface area contributed by atoms with Crippen LogP contribution >= 0.6 is 11.8 Å². The molecule has 1 heterocycles. The molecular weight excluding hydrogens is 346 g/mol. The fraction of sp³-hybridized carbons (Fsp3) is 0.238. The first kappa shape index (κ1) is 18.3. The van der Waals surface area contributed by atoms with Gasteiger partial charge in [0.25, 0.3) is 11.8 Å². The van der Waals surface area contributed by atoms with Gasteiger partial charge in [0.2, 0.25) is 0 Å². The fourth-order valence-electron chi connectivity index (χ4n) is 2.67. The molecule has 0 saturated heterocycles. The van der Waals surface area contributed by atoms with Gasteiger partial charge >= 0.3 is 0 Å². The number of amides is 2. The number of benzene rings is 2. The second-order valence-electron chi connectivity index (χ2n) is 6.02. The van der Waals surface area contributed by atoms with Gasteiger partial charge < -0.3 is 4.74 Å². The molecule has 0 fully saturated rings. The van der Waals surface area contributed by atoms with E-state index in [9.17, 15) is 9.59 Å². The van der Waals surface area contributed by atoms with Gasteiger partial charge in [-0.2, -0.15) is 0 Å². The normalized spacial score (nSPS) is 14.3. The van der Waals surface area contributed by atoms with E-state index in [1.54, 1.807) is 0 Å². The summed E-state index contributed by atoms with van der Waals surface area (Å²) >= 11 is 1.41. The number of hydrogen-bond acceptors (Lipinski definition) is 4. The predicted octanol–water partition coefficient (Wildman–Crippen LogP) is 4.12. The second-order valence-corrected chi connectivity index (χ2v) is 7.01. The molecule has 5 heteroatoms. The average molecular weight is 367 g/mol. The maximum absolute atomic E-state index is 12.6. The first-order chi connectivity index (χ1) is 12.6. The molecular formula is C21H21NO3S. The number of carbonyl (C=O) groups excluding carboxylic acids is 2. The summed E-state index contributed by atoms with van der Waals surface area (Å²) in [6, 6.07) is 17.3. The number of likely N-dealkylation sites (N-methyl/N-ethyl adjacent to an activating group) is 1. The zero-order valence-corrected chi connectivity index (χ0v) is 15.7. The Labute approximate surface area is 157 Å². The van der Waals surface area contributed by atoms with Crippen molar-refractivity contribution in [2.45, 2.75) is 19.1 Å². The molecule has 0 aromatic heterocycles. The summed E-state index contributed by atoms with van der Waals surface area (Å²) in [5.74, 6) is 0.911. The van der Waals surface area contributed by atoms with Crippen molar-refractivity contribution in [1.82, 2.24) is 4.90 Å². The van der Waals surface area contributed by atoms with Gasteiger partial charge in [-0.05, 0) is 29.7 Å². The topological polar surface area (TPSA) is 46.6 Å². The van der Waals surface area contributed by atoms with E-state index >= 15 is 0 Å². The van der Waals surface area contributed by atoms with Gasteiger partial charge in [0.1, 0.15) is 5.75 Å². The number of ether oxygens (including phenoxy) is 1. The van der Waals surface area contributed by atoms with Crippen LogP contribution in [0.2, 0.25) is 0 Å². The number of nitrogens with zero attached hydrogens (tertiary/aromatic N) is 1. The Kier molecular flexibility index (Phi) is 5.78. The van der Waals surface area contributed by atoms with Gasteiger partial charge in [0.15, 0.2) is 0 Å². The highest BCUT2D eigenvalue weighted by Gasteiger charge is 2.36. The molecule has 0 atom stereocenters. The Morgan fingerprint density at radius 2 is 1.65 bits per heavy atom. The Morgan fingerprint density at radius 3 is 2.31 bits per heavy atom. The van der Waals surface area contributed by atoms with Crippen molar-refractivity contribution < 1.29 is 14.3 Å². The molecule has 3 rings (SSSR count). The Balaban J connectivity index is 1.87. The van der Waals surface area contributed by atoms with Crippen LogP contribution < -0.4 is 4.74 Å². The molecule has 1 aliphatic rings. The molecule has 134 valence electrons. The van der Waals surface area contributed by atoms with Crippen LogP contribution in [-0.2, 0) is 15.3 Å². The van der Waals surface area contributed by atoms with Crippen molar-refractivity contribution in [3.05, 3.63) is 70.6 Å². The monoisotopic (exact) mass is 367 g/mol. The van der Waals surface area contributed by atoms with Gasteiger partial charge in [0.05, 0.1) is 17.1 Å². The van der Waals surface area contributed by atoms with Crippen molar-refractivity contribution in [3.8, 4) is 5.75 Å². The SMILES string of the molecule is CCCOc1ccc(C2=C(SCc3ccccc3)C(=O)N(C)C2=O)cc1. The fourth-order valence-corrected chi connectivity index (χ4v) is 3.79. The smallest absolute Gasteiger partial charge is 0.267 e. The van der Waals surface area contributed by atoms with Crippen LogP contribution in [0.3, 0.4) is 0 Å². The average Bonchev–Trinajstić information content (AvgIpc) is 2.89. The van der Waals surface area contributed by atoms with Crippen LogP contribution in [0.25, 0.3) is 5.57 Å². The van der Waals surface area contributed by atoms with Crippen molar-refractivity contribution in [2.75, 3.05) is 13.7 Å². The van der Waals surface area contributed by atoms with E-state index in [2.05, 4.69) is 0 Å². The molecule has 2 aromatic carbocycles. The maximum atomic E-state index is 12.6. The third-order valence-electron chi connectivity index (χ3n) is 4.09. The van der Waals surface area contributed by atoms with E-state index < -0.39 is 0 Å². The zero-order valence-electron chi connectivity index (χ0n) is 14.9. The van der Waals surface area contributed by atoms with E-state index in [1.165, 1.54) is 23.7 Å². The number of thioether (sulfide) groups is 1. The van der Waals surface area contributed by atoms with E-state index in [0.29, 0.717) is 22.8 Å². The molecule has 4 nitrogen and oxygen atoms in total. The highest BCUT2D eigenvalue weighted by atomic mass is 32.2. The van der Waals surface area contributed by atoms with Crippen LogP contribution in [0.4, 0.5) is 0 Å². The molecule has 0 radical (unpaired) electrons. The van der Waals surface area contributed by atoms with Crippen LogP contribution in [0, 0.1) is 0 Å². The lowest BCUT2D eigenvalue weighted by atomic mass is 10.1. The molecule has 0 saturated carbocycles. The zero-order chi connectivity index (χ0) is 18.5. The Hall–Kier alpha value is -2.53. The van der Waals surface area contributed by atoms with Gasteiger partial charge in [-0.25, -0.2) is 0 Å². The molecule has 0 aliphatic carbocycles. The molecule has 0 unspecified atom stereocenters. The maximum Gasteiger partial charge on any atom is 0.267 e. The van der Waals surface area contributed by atoms with Crippen LogP contribution in [0.15, 0.2) is 59.5 Å². The first-order valence-electron chi connectivity index (χ1n) is 8.58. The standard InChI is InChI=1S/C21H21NO3S/c1-3-13-25-17-11-9-16(10-12-17)18-19(21(24)22(2)20(18)23)26-14-15-7-5-4-6-8-15/h4-12H,3,13-14H2,1-2H3. The predicted molar refractivity (Wildman–Crippen MR) is 105 cm³/mol. The Morgan fingerprint density at radius 1 is 0.962 bits per heavy atom. The molecule has 1 aliphatic heterocycles. The van der Waals surface area contributed by atoms with Crippen LogP contribution in [-0.4, -0.2) is 30.4 Å². The molecule has 2 aromatic rings. The number of rotatable bonds is 7. The van der Waals surface area contributed by atoms with Crippen LogP contribution in [0.5, 0.6) is 5.75 Å². The summed E-state index contributed by atoms with van der Waals surface area (Å²) in [4.78, 5) is 26.8. The summed E-state index contributed by atoms with van der Waals surface area (Å²) < 4.78 is 5.59. The lowest BCUT2D eigenvalue weighted by Crippen LogP contribution is -2.26. The van der Waals surface area contributed by atoms with Crippen molar-refractivity contribution in [1.29, 1.82) is 0 Å². The molecule has 26 heavy (non-hydrogen) atoms. The van der Waals surface area contributed by atoms with Gasteiger partial charge in [0, 0.05) is 12.8 Å². The number of hydrogen-bond donors (Lipinski definition) is 0. The number of imide groups is 1. The lowest BCUT2D eigenvalue weighted by Gasteiger charge is -2.08. The highest BCUT2D eigenvalue weighted by Crippen LogP contribution is 2.37. The summed E-state index contributed by atoms with van der Waals surface area (Å²) in [6.45, 7) is 2.70. The number of carbonyl (C=O) groups is 2. The highest BCUT2D eigenvalue weighted by molar-refractivity contribution is 8.03. The van der Waals surface area contributed by atoms with Crippen molar-refractivity contribution in [2.24, 2.45) is 0 Å². The lowest BCUT2D eigenvalue weighted by molar-refractivity contribution is -0.134. The quantitative estimate of drug-likeness (QED) is 0.691. The van der Waals surface area contributed by atoms with E-state index in [1.807, 2.05) is 61.5 Å². The Bertz CT molecular complexity index is 828.